The predicted octanol–water partition coefficient (Wildman–Crippen LogP) is 5.56. The maximum atomic E-state index is 11.5. The molecular weight excluding hydrogens is 364 g/mol. The molecular formula is C21H33BrO2. The van der Waals surface area contributed by atoms with Crippen LogP contribution in [0, 0.1) is 11.3 Å². The Hall–Kier alpha value is -0.380. The fourth-order valence-electron chi connectivity index (χ4n) is 4.19. The lowest BCUT2D eigenvalue weighted by molar-refractivity contribution is -0.101. The van der Waals surface area contributed by atoms with E-state index in [1.165, 1.54) is 5.57 Å². The molecule has 0 unspecified atom stereocenters. The number of allylic oxidation sites excluding steroid dienone is 3. The Morgan fingerprint density at radius 2 is 2.08 bits per heavy atom. The van der Waals surface area contributed by atoms with Crippen LogP contribution in [0.3, 0.4) is 0 Å². The van der Waals surface area contributed by atoms with Crippen LogP contribution in [0.15, 0.2) is 36.0 Å². The number of alkyl halides is 1. The van der Waals surface area contributed by atoms with E-state index >= 15 is 0 Å². The molecule has 0 aromatic carbocycles. The Morgan fingerprint density at radius 3 is 2.71 bits per heavy atom. The van der Waals surface area contributed by atoms with Crippen molar-refractivity contribution in [1.29, 1.82) is 0 Å². The Morgan fingerprint density at radius 1 is 1.42 bits per heavy atom. The molecule has 0 spiro atoms. The van der Waals surface area contributed by atoms with E-state index in [0.717, 1.165) is 37.7 Å². The predicted molar refractivity (Wildman–Crippen MR) is 105 cm³/mol. The highest BCUT2D eigenvalue weighted by molar-refractivity contribution is 9.09. The fourth-order valence-corrected chi connectivity index (χ4v) is 5.02. The van der Waals surface area contributed by atoms with Gasteiger partial charge in [0.15, 0.2) is 0 Å². The number of hydrogen-bond acceptors (Lipinski definition) is 2. The zero-order chi connectivity index (χ0) is 18.2. The maximum absolute atomic E-state index is 11.5. The van der Waals surface area contributed by atoms with E-state index in [4.69, 9.17) is 4.74 Å². The van der Waals surface area contributed by atoms with Gasteiger partial charge in [0.05, 0.1) is 11.2 Å². The topological polar surface area (TPSA) is 29.5 Å². The minimum atomic E-state index is -0.757. The van der Waals surface area contributed by atoms with Gasteiger partial charge < -0.3 is 9.84 Å². The van der Waals surface area contributed by atoms with Gasteiger partial charge in [-0.25, -0.2) is 0 Å². The van der Waals surface area contributed by atoms with Gasteiger partial charge in [0, 0.05) is 17.4 Å². The lowest BCUT2D eigenvalue weighted by atomic mass is 9.53. The van der Waals surface area contributed by atoms with E-state index in [-0.39, 0.29) is 11.0 Å². The summed E-state index contributed by atoms with van der Waals surface area (Å²) >= 11 is 3.84. The summed E-state index contributed by atoms with van der Waals surface area (Å²) in [5.74, 6) is 0.410. The van der Waals surface area contributed by atoms with Gasteiger partial charge in [-0.05, 0) is 64.4 Å². The Kier molecular flexibility index (Phi) is 5.89. The van der Waals surface area contributed by atoms with Crippen molar-refractivity contribution < 1.29 is 9.84 Å². The molecule has 0 aromatic rings. The first-order valence-electron chi connectivity index (χ1n) is 9.01. The third kappa shape index (κ3) is 3.59. The Balaban J connectivity index is 2.17. The van der Waals surface area contributed by atoms with Crippen molar-refractivity contribution in [3.63, 3.8) is 0 Å². The van der Waals surface area contributed by atoms with E-state index in [1.807, 2.05) is 13.8 Å². The number of rotatable bonds is 4. The quantitative estimate of drug-likeness (QED) is 0.382. The molecule has 2 aliphatic rings. The zero-order valence-corrected chi connectivity index (χ0v) is 17.4. The second-order valence-corrected chi connectivity index (χ2v) is 9.51. The molecule has 2 nitrogen and oxygen atoms in total. The maximum Gasteiger partial charge on any atom is 0.0923 e. The van der Waals surface area contributed by atoms with Crippen LogP contribution >= 0.6 is 15.9 Å². The van der Waals surface area contributed by atoms with Crippen molar-refractivity contribution in [2.75, 3.05) is 7.11 Å². The second kappa shape index (κ2) is 7.09. The van der Waals surface area contributed by atoms with Crippen molar-refractivity contribution in [2.24, 2.45) is 11.3 Å². The molecule has 2 saturated carbocycles. The summed E-state index contributed by atoms with van der Waals surface area (Å²) in [5, 5.41) is 11.5. The summed E-state index contributed by atoms with van der Waals surface area (Å²) in [7, 11) is 1.73. The third-order valence-electron chi connectivity index (χ3n) is 6.50. The summed E-state index contributed by atoms with van der Waals surface area (Å²) in [6.45, 7) is 12.7. The van der Waals surface area contributed by atoms with Gasteiger partial charge >= 0.3 is 0 Å². The summed E-state index contributed by atoms with van der Waals surface area (Å²) in [6.07, 6.45) is 11.3. The van der Waals surface area contributed by atoms with Crippen molar-refractivity contribution >= 4 is 15.9 Å². The molecule has 136 valence electrons. The van der Waals surface area contributed by atoms with Crippen LogP contribution in [0.4, 0.5) is 0 Å². The van der Waals surface area contributed by atoms with Crippen LogP contribution in [-0.2, 0) is 4.74 Å². The first-order valence-corrected chi connectivity index (χ1v) is 9.93. The molecule has 1 N–H and O–H groups in total. The number of halogens is 1. The number of fused-ring (bicyclic) bond motifs is 1. The third-order valence-corrected chi connectivity index (χ3v) is 7.97. The van der Waals surface area contributed by atoms with Gasteiger partial charge in [-0.2, -0.15) is 0 Å². The molecule has 0 radical (unpaired) electrons. The molecule has 0 bridgehead atoms. The molecule has 2 aliphatic carbocycles. The molecule has 0 amide bonds. The first-order chi connectivity index (χ1) is 11.1. The van der Waals surface area contributed by atoms with Gasteiger partial charge in [0.1, 0.15) is 0 Å². The van der Waals surface area contributed by atoms with E-state index in [1.54, 1.807) is 7.11 Å². The lowest BCUT2D eigenvalue weighted by Gasteiger charge is -2.57. The smallest absolute Gasteiger partial charge is 0.0923 e. The molecule has 2 rings (SSSR count). The van der Waals surface area contributed by atoms with Crippen molar-refractivity contribution in [2.45, 2.75) is 75.8 Å². The molecule has 0 aromatic heterocycles. The van der Waals surface area contributed by atoms with Crippen LogP contribution in [0.25, 0.3) is 0 Å². The van der Waals surface area contributed by atoms with Crippen molar-refractivity contribution in [3.8, 4) is 0 Å². The molecule has 0 aliphatic heterocycles. The largest absolute Gasteiger partial charge is 0.385 e. The number of aliphatic hydroxyl groups is 1. The number of methoxy groups -OCH3 is 1. The van der Waals surface area contributed by atoms with Gasteiger partial charge in [-0.1, -0.05) is 53.2 Å². The van der Waals surface area contributed by atoms with Crippen LogP contribution in [0.1, 0.15) is 59.8 Å². The van der Waals surface area contributed by atoms with Crippen LogP contribution in [0.5, 0.6) is 0 Å². The summed E-state index contributed by atoms with van der Waals surface area (Å²) in [4.78, 5) is 0.369. The van der Waals surface area contributed by atoms with E-state index in [9.17, 15) is 5.11 Å². The molecule has 24 heavy (non-hydrogen) atoms. The molecule has 0 saturated heterocycles. The first kappa shape index (κ1) is 19.9. The van der Waals surface area contributed by atoms with E-state index in [0.29, 0.717) is 10.7 Å². The highest BCUT2D eigenvalue weighted by atomic mass is 79.9. The summed E-state index contributed by atoms with van der Waals surface area (Å²) in [5.41, 5.74) is 1.24. The lowest BCUT2D eigenvalue weighted by Crippen LogP contribution is -2.58. The van der Waals surface area contributed by atoms with Gasteiger partial charge in [0.2, 0.25) is 0 Å². The number of ether oxygens (including phenoxy) is 1. The molecule has 0 heterocycles. The molecule has 2 fully saturated rings. The SMILES string of the molecule is C=C1CC[C@@H](Br)[C@]2(C)CC[C@@H](/C(C)=C/C=C/C(C)(C)OC)C[C@@]12O. The minimum absolute atomic E-state index is 0.104. The standard InChI is InChI=1S/C21H33BrO2/c1-15(8-7-12-19(3,4)24-6)17-11-13-20(5)18(22)10-9-16(2)21(20,23)14-17/h7-8,12,17-18,23H,2,9-11,13-14H2,1,3-6H3/b12-7+,15-8+/t17-,18-,20+,21-/m1/s1. The van der Waals surface area contributed by atoms with Crippen LogP contribution < -0.4 is 0 Å². The van der Waals surface area contributed by atoms with Crippen molar-refractivity contribution in [1.82, 2.24) is 0 Å². The van der Waals surface area contributed by atoms with Crippen LogP contribution in [0.2, 0.25) is 0 Å². The van der Waals surface area contributed by atoms with Crippen molar-refractivity contribution in [3.05, 3.63) is 36.0 Å². The fraction of sp³-hybridized carbons (Fsp3) is 0.714. The summed E-state index contributed by atoms with van der Waals surface area (Å²) < 4.78 is 5.42. The highest BCUT2D eigenvalue weighted by Gasteiger charge is 2.57. The van der Waals surface area contributed by atoms with E-state index in [2.05, 4.69) is 54.6 Å². The van der Waals surface area contributed by atoms with Crippen LogP contribution in [-0.4, -0.2) is 28.2 Å². The van der Waals surface area contributed by atoms with E-state index < -0.39 is 5.60 Å². The highest BCUT2D eigenvalue weighted by Crippen LogP contribution is 2.58. The normalized spacial score (nSPS) is 38.5. The van der Waals surface area contributed by atoms with Gasteiger partial charge in [0.25, 0.3) is 0 Å². The average molecular weight is 397 g/mol. The zero-order valence-electron chi connectivity index (χ0n) is 15.9. The van der Waals surface area contributed by atoms with Gasteiger partial charge in [-0.3, -0.25) is 0 Å². The minimum Gasteiger partial charge on any atom is -0.385 e. The Bertz CT molecular complexity index is 548. The number of hydrogen-bond donors (Lipinski definition) is 1. The monoisotopic (exact) mass is 396 g/mol. The van der Waals surface area contributed by atoms with Gasteiger partial charge in [-0.15, -0.1) is 0 Å². The second-order valence-electron chi connectivity index (χ2n) is 8.40. The molecule has 3 heteroatoms. The average Bonchev–Trinajstić information content (AvgIpc) is 2.53. The summed E-state index contributed by atoms with van der Waals surface area (Å²) in [6, 6.07) is 0. The Labute approximate surface area is 156 Å². The molecule has 4 atom stereocenters.